The molecule has 2 heterocycles. The number of amides is 2. The summed E-state index contributed by atoms with van der Waals surface area (Å²) in [5.74, 6) is 0.204. The van der Waals surface area contributed by atoms with Crippen LogP contribution in [0, 0.1) is 5.82 Å². The van der Waals surface area contributed by atoms with E-state index in [1.165, 1.54) is 12.1 Å². The lowest BCUT2D eigenvalue weighted by Gasteiger charge is -2.36. The van der Waals surface area contributed by atoms with Gasteiger partial charge in [-0.2, -0.15) is 0 Å². The minimum Gasteiger partial charge on any atom is -0.449 e. The summed E-state index contributed by atoms with van der Waals surface area (Å²) in [6, 6.07) is 28.6. The molecule has 6 rings (SSSR count). The van der Waals surface area contributed by atoms with Crippen molar-refractivity contribution in [3.05, 3.63) is 130 Å². The number of piperazine rings is 1. The van der Waals surface area contributed by atoms with E-state index in [4.69, 9.17) is 16.3 Å². The lowest BCUT2D eigenvalue weighted by atomic mass is 10.1. The monoisotopic (exact) mass is 624 g/mol. The van der Waals surface area contributed by atoms with E-state index in [1.54, 1.807) is 23.1 Å². The topological polar surface area (TPSA) is 65.1 Å². The molecule has 1 N–H and O–H groups in total. The average molecular weight is 625 g/mol. The Labute approximate surface area is 267 Å². The number of ether oxygens (including phenoxy) is 1. The number of nitrogens with zero attached hydrogens (tertiary/aromatic N) is 3. The minimum atomic E-state index is -0.248. The number of fused-ring (bicyclic) bond motifs is 1. The fraction of sp³-hybridized carbons (Fsp3) is 0.222. The number of carbonyl (C=O) groups is 2. The lowest BCUT2D eigenvalue weighted by Crippen LogP contribution is -2.47. The van der Waals surface area contributed by atoms with E-state index in [0.717, 1.165) is 56.0 Å². The Bertz CT molecular complexity index is 1670. The Morgan fingerprint density at radius 3 is 2.33 bits per heavy atom. The van der Waals surface area contributed by atoms with Crippen LogP contribution in [0.5, 0.6) is 5.75 Å². The Morgan fingerprint density at radius 1 is 0.889 bits per heavy atom. The van der Waals surface area contributed by atoms with E-state index in [0.29, 0.717) is 35.1 Å². The SMILES string of the molecule is O=C(NCCCN1CCN(c2ccc(F)cc2)CC1)c1ccc(C=C2Oc3ccccc3N(Cc3ccc(Cl)cc3)C2=O)cc1. The van der Waals surface area contributed by atoms with E-state index in [1.807, 2.05) is 72.8 Å². The number of hydrogen-bond donors (Lipinski definition) is 1. The zero-order valence-corrected chi connectivity index (χ0v) is 25.6. The molecular formula is C36H34ClFN4O3. The maximum atomic E-state index is 13.5. The molecule has 0 spiro atoms. The highest BCUT2D eigenvalue weighted by molar-refractivity contribution is 6.30. The molecule has 2 aliphatic rings. The van der Waals surface area contributed by atoms with Gasteiger partial charge in [0.05, 0.1) is 12.2 Å². The zero-order valence-electron chi connectivity index (χ0n) is 24.8. The zero-order chi connectivity index (χ0) is 31.2. The van der Waals surface area contributed by atoms with E-state index in [2.05, 4.69) is 15.1 Å². The van der Waals surface area contributed by atoms with Crippen molar-refractivity contribution in [2.75, 3.05) is 49.1 Å². The number of carbonyl (C=O) groups excluding carboxylic acids is 2. The van der Waals surface area contributed by atoms with Crippen LogP contribution in [0.1, 0.15) is 27.9 Å². The first kappa shape index (κ1) is 30.4. The molecule has 2 amide bonds. The molecule has 0 atom stereocenters. The lowest BCUT2D eigenvalue weighted by molar-refractivity contribution is -0.117. The molecule has 0 bridgehead atoms. The van der Waals surface area contributed by atoms with Crippen molar-refractivity contribution in [3.8, 4) is 5.75 Å². The van der Waals surface area contributed by atoms with Crippen LogP contribution < -0.4 is 19.9 Å². The highest BCUT2D eigenvalue weighted by atomic mass is 35.5. The normalized spacial score (nSPS) is 16.0. The summed E-state index contributed by atoms with van der Waals surface area (Å²) in [5, 5.41) is 3.65. The molecule has 4 aromatic rings. The van der Waals surface area contributed by atoms with Gasteiger partial charge in [0.2, 0.25) is 0 Å². The number of anilines is 2. The summed E-state index contributed by atoms with van der Waals surface area (Å²) in [6.45, 7) is 5.50. The van der Waals surface area contributed by atoms with Crippen LogP contribution >= 0.6 is 11.6 Å². The third-order valence-electron chi connectivity index (χ3n) is 8.06. The van der Waals surface area contributed by atoms with Crippen LogP contribution in [0.4, 0.5) is 15.8 Å². The minimum absolute atomic E-state index is 0.136. The van der Waals surface area contributed by atoms with Crippen LogP contribution in [-0.2, 0) is 11.3 Å². The summed E-state index contributed by atoms with van der Waals surface area (Å²) < 4.78 is 19.2. The van der Waals surface area contributed by atoms with Gasteiger partial charge in [-0.15, -0.1) is 0 Å². The highest BCUT2D eigenvalue weighted by Crippen LogP contribution is 2.36. The molecule has 1 fully saturated rings. The van der Waals surface area contributed by atoms with Gasteiger partial charge in [0.25, 0.3) is 11.8 Å². The van der Waals surface area contributed by atoms with Crippen molar-refractivity contribution in [2.45, 2.75) is 13.0 Å². The third kappa shape index (κ3) is 7.53. The predicted molar refractivity (Wildman–Crippen MR) is 176 cm³/mol. The second-order valence-electron chi connectivity index (χ2n) is 11.1. The van der Waals surface area contributed by atoms with Gasteiger partial charge < -0.3 is 15.0 Å². The van der Waals surface area contributed by atoms with Crippen molar-refractivity contribution in [1.82, 2.24) is 10.2 Å². The van der Waals surface area contributed by atoms with Crippen LogP contribution in [-0.4, -0.2) is 56.0 Å². The molecule has 230 valence electrons. The first-order chi connectivity index (χ1) is 21.9. The fourth-order valence-corrected chi connectivity index (χ4v) is 5.69. The molecule has 0 unspecified atom stereocenters. The molecule has 45 heavy (non-hydrogen) atoms. The van der Waals surface area contributed by atoms with Crippen LogP contribution in [0.3, 0.4) is 0 Å². The smallest absolute Gasteiger partial charge is 0.294 e. The third-order valence-corrected chi connectivity index (χ3v) is 8.31. The van der Waals surface area contributed by atoms with Crippen molar-refractivity contribution >= 4 is 40.9 Å². The van der Waals surface area contributed by atoms with Gasteiger partial charge >= 0.3 is 0 Å². The molecule has 1 saturated heterocycles. The number of benzene rings is 4. The summed E-state index contributed by atoms with van der Waals surface area (Å²) in [4.78, 5) is 32.6. The molecule has 0 aromatic heterocycles. The maximum absolute atomic E-state index is 13.5. The number of halogens is 2. The molecule has 0 aliphatic carbocycles. The summed E-state index contributed by atoms with van der Waals surface area (Å²) in [6.07, 6.45) is 2.55. The molecular weight excluding hydrogens is 591 g/mol. The quantitative estimate of drug-likeness (QED) is 0.173. The van der Waals surface area contributed by atoms with Gasteiger partial charge in [0, 0.05) is 49.0 Å². The molecule has 7 nitrogen and oxygen atoms in total. The Balaban J connectivity index is 1.00. The predicted octanol–water partition coefficient (Wildman–Crippen LogP) is 6.39. The number of rotatable bonds is 9. The van der Waals surface area contributed by atoms with Gasteiger partial charge in [-0.25, -0.2) is 4.39 Å². The highest BCUT2D eigenvalue weighted by Gasteiger charge is 2.30. The van der Waals surface area contributed by atoms with Crippen LogP contribution in [0.25, 0.3) is 6.08 Å². The molecule has 2 aliphatic heterocycles. The van der Waals surface area contributed by atoms with Crippen molar-refractivity contribution < 1.29 is 18.7 Å². The number of para-hydroxylation sites is 2. The van der Waals surface area contributed by atoms with Gasteiger partial charge in [-0.3, -0.25) is 19.4 Å². The van der Waals surface area contributed by atoms with E-state index >= 15 is 0 Å². The van der Waals surface area contributed by atoms with Crippen LogP contribution in [0.15, 0.2) is 103 Å². The van der Waals surface area contributed by atoms with Crippen molar-refractivity contribution in [3.63, 3.8) is 0 Å². The van der Waals surface area contributed by atoms with Gasteiger partial charge in [-0.1, -0.05) is 48.0 Å². The average Bonchev–Trinajstić information content (AvgIpc) is 3.07. The van der Waals surface area contributed by atoms with E-state index < -0.39 is 0 Å². The maximum Gasteiger partial charge on any atom is 0.294 e. The van der Waals surface area contributed by atoms with Crippen molar-refractivity contribution in [2.24, 2.45) is 0 Å². The number of hydrogen-bond acceptors (Lipinski definition) is 5. The fourth-order valence-electron chi connectivity index (χ4n) is 5.56. The van der Waals surface area contributed by atoms with Gasteiger partial charge in [0.1, 0.15) is 5.82 Å². The second kappa shape index (κ2) is 14.0. The standard InChI is InChI=1S/C36H34ClFN4O3/c37-29-12-8-27(9-13-29)25-42-32-4-1-2-5-33(32)45-34(36(42)44)24-26-6-10-28(11-7-26)35(43)39-18-3-19-40-20-22-41(23-21-40)31-16-14-30(38)15-17-31/h1-2,4-17,24H,3,18-23,25H2,(H,39,43). The first-order valence-corrected chi connectivity index (χ1v) is 15.5. The Kier molecular flexibility index (Phi) is 9.43. The van der Waals surface area contributed by atoms with Gasteiger partial charge in [-0.05, 0) is 90.8 Å². The Hall–Kier alpha value is -4.66. The molecule has 0 saturated carbocycles. The first-order valence-electron chi connectivity index (χ1n) is 15.1. The van der Waals surface area contributed by atoms with E-state index in [-0.39, 0.29) is 23.4 Å². The largest absolute Gasteiger partial charge is 0.449 e. The van der Waals surface area contributed by atoms with Gasteiger partial charge in [0.15, 0.2) is 11.5 Å². The summed E-state index contributed by atoms with van der Waals surface area (Å²) >= 11 is 6.05. The molecule has 0 radical (unpaired) electrons. The Morgan fingerprint density at radius 2 is 1.60 bits per heavy atom. The summed E-state index contributed by atoms with van der Waals surface area (Å²) in [7, 11) is 0. The van der Waals surface area contributed by atoms with Crippen LogP contribution in [0.2, 0.25) is 5.02 Å². The number of nitrogens with one attached hydrogen (secondary N) is 1. The van der Waals surface area contributed by atoms with E-state index in [9.17, 15) is 14.0 Å². The summed E-state index contributed by atoms with van der Waals surface area (Å²) in [5.41, 5.74) is 4.00. The molecule has 9 heteroatoms. The van der Waals surface area contributed by atoms with Crippen molar-refractivity contribution in [1.29, 1.82) is 0 Å². The molecule has 4 aromatic carbocycles. The second-order valence-corrected chi connectivity index (χ2v) is 11.6.